The topological polar surface area (TPSA) is 122 Å². The molecule has 3 N–H and O–H groups in total. The summed E-state index contributed by atoms with van der Waals surface area (Å²) in [7, 11) is 0. The fourth-order valence-electron chi connectivity index (χ4n) is 6.87. The monoisotopic (exact) mass is 666 g/mol. The molecule has 0 bridgehead atoms. The Morgan fingerprint density at radius 2 is 1.84 bits per heavy atom. The van der Waals surface area contributed by atoms with Crippen molar-refractivity contribution in [3.63, 3.8) is 0 Å². The minimum Gasteiger partial charge on any atom is -0.484 e. The van der Waals surface area contributed by atoms with Crippen LogP contribution in [0.4, 0.5) is 21.0 Å². The number of hydrogen-bond acceptors (Lipinski definition) is 7. The number of ether oxygens (including phenoxy) is 1. The van der Waals surface area contributed by atoms with E-state index in [1.165, 1.54) is 18.6 Å². The van der Waals surface area contributed by atoms with Crippen LogP contribution in [0.15, 0.2) is 66.9 Å². The summed E-state index contributed by atoms with van der Waals surface area (Å²) in [5.74, 6) is 1.51. The lowest BCUT2D eigenvalue weighted by Crippen LogP contribution is -2.38. The molecule has 3 atom stereocenters. The lowest BCUT2D eigenvalue weighted by atomic mass is 9.85. The van der Waals surface area contributed by atoms with Crippen molar-refractivity contribution in [3.8, 4) is 11.4 Å². The second-order valence-corrected chi connectivity index (χ2v) is 14.1. The highest BCUT2D eigenvalue weighted by Crippen LogP contribution is 2.39. The Kier molecular flexibility index (Phi) is 8.74. The molecule has 1 fully saturated rings. The predicted molar refractivity (Wildman–Crippen MR) is 186 cm³/mol. The summed E-state index contributed by atoms with van der Waals surface area (Å²) >= 11 is 0. The third kappa shape index (κ3) is 6.57. The number of carbonyl (C=O) groups is 1. The van der Waals surface area contributed by atoms with E-state index in [9.17, 15) is 14.3 Å². The predicted octanol–water partition coefficient (Wildman–Crippen LogP) is 7.00. The van der Waals surface area contributed by atoms with E-state index in [0.717, 1.165) is 53.6 Å². The van der Waals surface area contributed by atoms with Crippen LogP contribution in [0.2, 0.25) is 0 Å². The maximum Gasteiger partial charge on any atom is 0.320 e. The summed E-state index contributed by atoms with van der Waals surface area (Å²) in [5, 5.41) is 29.4. The van der Waals surface area contributed by atoms with Gasteiger partial charge < -0.3 is 20.1 Å². The molecule has 7 rings (SSSR count). The minimum absolute atomic E-state index is 0.148. The van der Waals surface area contributed by atoms with E-state index >= 15 is 0 Å². The maximum absolute atomic E-state index is 14.2. The second kappa shape index (κ2) is 13.1. The van der Waals surface area contributed by atoms with Crippen LogP contribution in [-0.2, 0) is 12.0 Å². The van der Waals surface area contributed by atoms with Gasteiger partial charge in [0.25, 0.3) is 0 Å². The van der Waals surface area contributed by atoms with Crippen molar-refractivity contribution in [3.05, 3.63) is 95.1 Å². The molecule has 12 heteroatoms. The number of anilines is 2. The summed E-state index contributed by atoms with van der Waals surface area (Å²) in [6, 6.07) is 17.9. The Morgan fingerprint density at radius 1 is 1.02 bits per heavy atom. The van der Waals surface area contributed by atoms with Crippen LogP contribution in [0, 0.1) is 5.82 Å². The summed E-state index contributed by atoms with van der Waals surface area (Å²) in [6.45, 7) is 8.84. The Morgan fingerprint density at radius 3 is 2.61 bits per heavy atom. The number of pyridine rings is 1. The minimum atomic E-state index is -0.504. The van der Waals surface area contributed by atoms with Gasteiger partial charge in [-0.1, -0.05) is 45.0 Å². The molecule has 1 aliphatic heterocycles. The molecule has 2 aliphatic rings. The van der Waals surface area contributed by atoms with Crippen molar-refractivity contribution in [1.82, 2.24) is 29.7 Å². The molecule has 2 aromatic carbocycles. The highest BCUT2D eigenvalue weighted by atomic mass is 19.1. The van der Waals surface area contributed by atoms with Gasteiger partial charge in [-0.3, -0.25) is 9.72 Å². The average molecular weight is 667 g/mol. The van der Waals surface area contributed by atoms with Crippen molar-refractivity contribution in [2.75, 3.05) is 16.8 Å². The van der Waals surface area contributed by atoms with Crippen LogP contribution in [0.25, 0.3) is 11.3 Å². The number of halogens is 1. The molecule has 0 saturated carbocycles. The van der Waals surface area contributed by atoms with Gasteiger partial charge in [0, 0.05) is 29.6 Å². The van der Waals surface area contributed by atoms with E-state index < -0.39 is 12.4 Å². The van der Waals surface area contributed by atoms with Gasteiger partial charge in [-0.15, -0.1) is 10.2 Å². The molecule has 5 aromatic rings. The third-order valence-electron chi connectivity index (χ3n) is 9.60. The Bertz CT molecular complexity index is 1980. The van der Waals surface area contributed by atoms with Crippen LogP contribution in [0.3, 0.4) is 0 Å². The summed E-state index contributed by atoms with van der Waals surface area (Å²) in [4.78, 5) is 15.9. The molecule has 0 unspecified atom stereocenters. The van der Waals surface area contributed by atoms with E-state index in [0.29, 0.717) is 30.4 Å². The average Bonchev–Trinajstić information content (AvgIpc) is 3.71. The Balaban J connectivity index is 1.09. The van der Waals surface area contributed by atoms with Crippen molar-refractivity contribution in [2.45, 2.75) is 90.0 Å². The normalized spacial score (nSPS) is 19.5. The Labute approximate surface area is 285 Å². The van der Waals surface area contributed by atoms with Gasteiger partial charge in [-0.25, -0.2) is 13.9 Å². The molecule has 11 nitrogen and oxygen atoms in total. The molecule has 2 amide bonds. The molecule has 4 heterocycles. The number of hydrogen-bond donors (Lipinski definition) is 3. The highest BCUT2D eigenvalue weighted by Gasteiger charge is 2.31. The number of aromatic nitrogens is 5. The number of amides is 2. The fraction of sp³-hybridized carbons (Fsp3) is 0.405. The number of aliphatic hydroxyl groups excluding tert-OH is 1. The van der Waals surface area contributed by atoms with Crippen LogP contribution >= 0.6 is 0 Å². The summed E-state index contributed by atoms with van der Waals surface area (Å²) < 4.78 is 24.4. The summed E-state index contributed by atoms with van der Waals surface area (Å²) in [6.07, 6.45) is 6.66. The van der Waals surface area contributed by atoms with Gasteiger partial charge in [0.2, 0.25) is 5.95 Å². The van der Waals surface area contributed by atoms with Crippen LogP contribution < -0.4 is 20.3 Å². The number of fused-ring (bicyclic) bond motifs is 2. The number of nitrogens with one attached hydrogen (secondary N) is 2. The van der Waals surface area contributed by atoms with Gasteiger partial charge >= 0.3 is 6.03 Å². The molecule has 1 saturated heterocycles. The Hall–Kier alpha value is -4.97. The number of aliphatic hydroxyl groups is 1. The van der Waals surface area contributed by atoms with Gasteiger partial charge in [-0.2, -0.15) is 5.10 Å². The van der Waals surface area contributed by atoms with E-state index in [1.54, 1.807) is 10.7 Å². The fourth-order valence-corrected chi connectivity index (χ4v) is 6.87. The zero-order chi connectivity index (χ0) is 34.3. The molecular weight excluding hydrogens is 623 g/mol. The number of urea groups is 1. The second-order valence-electron chi connectivity index (χ2n) is 14.1. The maximum atomic E-state index is 14.2. The largest absolute Gasteiger partial charge is 0.484 e. The molecule has 49 heavy (non-hydrogen) atoms. The van der Waals surface area contributed by atoms with Gasteiger partial charge in [0.1, 0.15) is 23.5 Å². The van der Waals surface area contributed by atoms with Gasteiger partial charge in [0.15, 0.2) is 5.65 Å². The standard InChI is InChI=1S/C37H43FN8O3/c1-23-9-7-8-18-44(23)36-42-41-33-17-13-26(21-45(33)36)49-31-16-15-30(27-10-5-6-11-28(27)31)39-35(48)40-34-20-32(37(2,3)4)43-46(34)25-12-14-29(38)24(19-25)22-47/h5-6,10-14,17,19-21,23,30-31,47H,7-9,15-16,18,22H2,1-4H3,(H2,39,40,48)/t23-,30-,31+/m0/s1. The highest BCUT2D eigenvalue weighted by molar-refractivity contribution is 5.89. The van der Waals surface area contributed by atoms with Crippen molar-refractivity contribution < 1.29 is 19.0 Å². The molecule has 0 spiro atoms. The SMILES string of the molecule is C[C@H]1CCCCN1c1nnc2ccc(O[C@@H]3CC[C@H](NC(=O)Nc4cc(C(C)(C)C)nn4-c4ccc(F)c(CO)c4)c4ccccc43)cn12. The van der Waals surface area contributed by atoms with Gasteiger partial charge in [-0.05, 0) is 80.5 Å². The van der Waals surface area contributed by atoms with E-state index in [-0.39, 0.29) is 29.2 Å². The van der Waals surface area contributed by atoms with E-state index in [4.69, 9.17) is 9.84 Å². The van der Waals surface area contributed by atoms with E-state index in [1.807, 2.05) is 67.8 Å². The summed E-state index contributed by atoms with van der Waals surface area (Å²) in [5.41, 5.74) is 3.93. The number of rotatable bonds is 7. The molecular formula is C37H43FN8O3. The van der Waals surface area contributed by atoms with Crippen LogP contribution in [-0.4, -0.2) is 48.1 Å². The first-order valence-electron chi connectivity index (χ1n) is 17.0. The van der Waals surface area contributed by atoms with Crippen LogP contribution in [0.5, 0.6) is 5.75 Å². The van der Waals surface area contributed by atoms with Crippen molar-refractivity contribution in [1.29, 1.82) is 0 Å². The van der Waals surface area contributed by atoms with E-state index in [2.05, 4.69) is 38.7 Å². The number of piperidine rings is 1. The lowest BCUT2D eigenvalue weighted by molar-refractivity contribution is 0.171. The smallest absolute Gasteiger partial charge is 0.320 e. The zero-order valence-electron chi connectivity index (χ0n) is 28.4. The molecule has 256 valence electrons. The first-order valence-corrected chi connectivity index (χ1v) is 17.0. The third-order valence-corrected chi connectivity index (χ3v) is 9.60. The van der Waals surface area contributed by atoms with Crippen molar-refractivity contribution in [2.24, 2.45) is 0 Å². The van der Waals surface area contributed by atoms with Crippen LogP contribution in [0.1, 0.15) is 94.3 Å². The molecule has 0 radical (unpaired) electrons. The quantitative estimate of drug-likeness (QED) is 0.171. The van der Waals surface area contributed by atoms with Gasteiger partial charge in [0.05, 0.1) is 30.2 Å². The number of benzene rings is 2. The first kappa shape index (κ1) is 32.6. The zero-order valence-corrected chi connectivity index (χ0v) is 28.4. The molecule has 1 aliphatic carbocycles. The van der Waals surface area contributed by atoms with Crippen molar-refractivity contribution >= 4 is 23.4 Å². The lowest BCUT2D eigenvalue weighted by Gasteiger charge is -2.33. The molecule has 3 aromatic heterocycles. The first-order chi connectivity index (χ1) is 23.6. The number of carbonyl (C=O) groups excluding carboxylic acids is 1. The number of nitrogens with zero attached hydrogens (tertiary/aromatic N) is 6.